The molecule has 0 N–H and O–H groups in total. The lowest BCUT2D eigenvalue weighted by Gasteiger charge is -2.23. The Morgan fingerprint density at radius 2 is 1.84 bits per heavy atom. The molecule has 0 fully saturated rings. The van der Waals surface area contributed by atoms with Gasteiger partial charge in [-0.25, -0.2) is 0 Å². The first-order valence-corrected chi connectivity index (χ1v) is 7.09. The lowest BCUT2D eigenvalue weighted by molar-refractivity contribution is 0.0976. The summed E-state index contributed by atoms with van der Waals surface area (Å²) < 4.78 is 5.16. The van der Waals surface area contributed by atoms with Crippen LogP contribution in [0, 0.1) is 0 Å². The van der Waals surface area contributed by atoms with Crippen LogP contribution >= 0.6 is 11.8 Å². The van der Waals surface area contributed by atoms with Gasteiger partial charge >= 0.3 is 0 Å². The number of ether oxygens (including phenoxy) is 1. The fourth-order valence-electron chi connectivity index (χ4n) is 2.28. The zero-order valence-corrected chi connectivity index (χ0v) is 11.4. The van der Waals surface area contributed by atoms with E-state index in [-0.39, 0.29) is 11.0 Å². The van der Waals surface area contributed by atoms with Crippen LogP contribution in [0.25, 0.3) is 0 Å². The summed E-state index contributed by atoms with van der Waals surface area (Å²) in [6.45, 7) is 0. The molecule has 1 aliphatic heterocycles. The molecule has 0 aliphatic carbocycles. The highest BCUT2D eigenvalue weighted by molar-refractivity contribution is 7.99. The van der Waals surface area contributed by atoms with Crippen LogP contribution in [0.2, 0.25) is 0 Å². The van der Waals surface area contributed by atoms with Gasteiger partial charge in [-0.05, 0) is 23.8 Å². The van der Waals surface area contributed by atoms with Crippen molar-refractivity contribution in [2.45, 2.75) is 16.6 Å². The second-order valence-corrected chi connectivity index (χ2v) is 5.75. The second kappa shape index (κ2) is 5.10. The van der Waals surface area contributed by atoms with E-state index in [1.54, 1.807) is 18.9 Å². The highest BCUT2D eigenvalue weighted by atomic mass is 32.2. The largest absolute Gasteiger partial charge is 0.497 e. The predicted molar refractivity (Wildman–Crippen MR) is 77.0 cm³/mol. The van der Waals surface area contributed by atoms with E-state index in [0.717, 1.165) is 16.2 Å². The summed E-state index contributed by atoms with van der Waals surface area (Å²) in [7, 11) is 1.66. The predicted octanol–water partition coefficient (Wildman–Crippen LogP) is 4.12. The number of rotatable bonds is 2. The number of hydrogen-bond acceptors (Lipinski definition) is 3. The van der Waals surface area contributed by atoms with Crippen molar-refractivity contribution in [3.63, 3.8) is 0 Å². The number of carbonyl (C=O) groups is 1. The van der Waals surface area contributed by atoms with E-state index in [1.165, 1.54) is 5.56 Å². The van der Waals surface area contributed by atoms with Crippen molar-refractivity contribution in [2.75, 3.05) is 7.11 Å². The first-order chi connectivity index (χ1) is 9.28. The van der Waals surface area contributed by atoms with Crippen molar-refractivity contribution < 1.29 is 9.53 Å². The molecule has 3 rings (SSSR count). The zero-order valence-electron chi connectivity index (χ0n) is 10.6. The van der Waals surface area contributed by atoms with Crippen LogP contribution in [-0.2, 0) is 0 Å². The van der Waals surface area contributed by atoms with Gasteiger partial charge in [0.05, 0.1) is 7.11 Å². The number of methoxy groups -OCH3 is 1. The molecule has 19 heavy (non-hydrogen) atoms. The Kier molecular flexibility index (Phi) is 3.30. The van der Waals surface area contributed by atoms with E-state index in [1.807, 2.05) is 48.5 Å². The molecule has 0 saturated carbocycles. The van der Waals surface area contributed by atoms with Crippen LogP contribution in [0.1, 0.15) is 27.6 Å². The molecule has 0 spiro atoms. The third-order valence-electron chi connectivity index (χ3n) is 3.32. The molecule has 1 aliphatic rings. The average molecular weight is 270 g/mol. The van der Waals surface area contributed by atoms with Crippen molar-refractivity contribution in [3.05, 3.63) is 59.7 Å². The first kappa shape index (κ1) is 12.3. The minimum atomic E-state index is 0.202. The van der Waals surface area contributed by atoms with Crippen molar-refractivity contribution in [3.8, 4) is 5.75 Å². The number of carbonyl (C=O) groups excluding carboxylic acids is 1. The molecule has 0 radical (unpaired) electrons. The van der Waals surface area contributed by atoms with Crippen LogP contribution in [0.3, 0.4) is 0 Å². The normalized spacial score (nSPS) is 17.9. The number of hydrogen-bond donors (Lipinski definition) is 0. The molecule has 2 nitrogen and oxygen atoms in total. The Bertz CT molecular complexity index is 604. The average Bonchev–Trinajstić information content (AvgIpc) is 2.47. The molecule has 0 unspecified atom stereocenters. The third-order valence-corrected chi connectivity index (χ3v) is 4.65. The molecule has 0 amide bonds. The molecule has 96 valence electrons. The number of benzene rings is 2. The summed E-state index contributed by atoms with van der Waals surface area (Å²) in [6.07, 6.45) is 0.564. The number of thioether (sulfide) groups is 1. The van der Waals surface area contributed by atoms with Crippen molar-refractivity contribution in [1.29, 1.82) is 0 Å². The van der Waals surface area contributed by atoms with E-state index in [4.69, 9.17) is 4.74 Å². The Morgan fingerprint density at radius 1 is 1.11 bits per heavy atom. The third kappa shape index (κ3) is 2.38. The van der Waals surface area contributed by atoms with Crippen LogP contribution in [0.4, 0.5) is 0 Å². The minimum Gasteiger partial charge on any atom is -0.497 e. The van der Waals surface area contributed by atoms with Gasteiger partial charge in [-0.3, -0.25) is 4.79 Å². The van der Waals surface area contributed by atoms with E-state index in [0.29, 0.717) is 6.42 Å². The van der Waals surface area contributed by atoms with Gasteiger partial charge in [0.15, 0.2) is 5.78 Å². The standard InChI is InChI=1S/C16H14O2S/c1-18-12-8-6-11(7-9-12)16-10-14(17)13-4-2-3-5-15(13)19-16/h2-9,16H,10H2,1H3/t16-/m1/s1. The van der Waals surface area contributed by atoms with Gasteiger partial charge in [0, 0.05) is 22.1 Å². The van der Waals surface area contributed by atoms with E-state index >= 15 is 0 Å². The van der Waals surface area contributed by atoms with Crippen LogP contribution < -0.4 is 4.74 Å². The van der Waals surface area contributed by atoms with E-state index in [2.05, 4.69) is 0 Å². The number of ketones is 1. The monoisotopic (exact) mass is 270 g/mol. The molecule has 1 heterocycles. The minimum absolute atomic E-state index is 0.202. The van der Waals surface area contributed by atoms with Crippen molar-refractivity contribution >= 4 is 17.5 Å². The number of Topliss-reactive ketones (excluding diaryl/α,β-unsaturated/α-hetero) is 1. The summed E-state index contributed by atoms with van der Waals surface area (Å²) >= 11 is 1.77. The SMILES string of the molecule is COc1ccc([C@H]2CC(=O)c3ccccc3S2)cc1. The van der Waals surface area contributed by atoms with Gasteiger partial charge in [0.2, 0.25) is 0 Å². The molecule has 3 heteroatoms. The molecular weight excluding hydrogens is 256 g/mol. The first-order valence-electron chi connectivity index (χ1n) is 6.21. The van der Waals surface area contributed by atoms with Gasteiger partial charge in [-0.2, -0.15) is 0 Å². The smallest absolute Gasteiger partial charge is 0.165 e. The molecular formula is C16H14O2S. The molecule has 0 aromatic heterocycles. The van der Waals surface area contributed by atoms with Gasteiger partial charge in [0.1, 0.15) is 5.75 Å². The molecule has 0 bridgehead atoms. The zero-order chi connectivity index (χ0) is 13.2. The van der Waals surface area contributed by atoms with E-state index in [9.17, 15) is 4.79 Å². The van der Waals surface area contributed by atoms with Crippen molar-refractivity contribution in [2.24, 2.45) is 0 Å². The highest BCUT2D eigenvalue weighted by Crippen LogP contribution is 2.44. The molecule has 2 aromatic rings. The maximum atomic E-state index is 12.2. The van der Waals surface area contributed by atoms with Gasteiger partial charge in [-0.15, -0.1) is 11.8 Å². The Morgan fingerprint density at radius 3 is 2.58 bits per heavy atom. The summed E-state index contributed by atoms with van der Waals surface area (Å²) in [4.78, 5) is 13.2. The summed E-state index contributed by atoms with van der Waals surface area (Å²) in [5.41, 5.74) is 2.03. The Balaban J connectivity index is 1.90. The topological polar surface area (TPSA) is 26.3 Å². The summed E-state index contributed by atoms with van der Waals surface area (Å²) in [6, 6.07) is 15.8. The summed E-state index contributed by atoms with van der Waals surface area (Å²) in [5.74, 6) is 1.08. The van der Waals surface area contributed by atoms with Gasteiger partial charge in [-0.1, -0.05) is 30.3 Å². The fourth-order valence-corrected chi connectivity index (χ4v) is 3.58. The van der Waals surface area contributed by atoms with Crippen LogP contribution in [0.5, 0.6) is 5.75 Å². The molecule has 0 saturated heterocycles. The van der Waals surface area contributed by atoms with Gasteiger partial charge in [0.25, 0.3) is 0 Å². The quantitative estimate of drug-likeness (QED) is 0.821. The fraction of sp³-hybridized carbons (Fsp3) is 0.188. The maximum Gasteiger partial charge on any atom is 0.165 e. The Hall–Kier alpha value is -1.74. The lowest BCUT2D eigenvalue weighted by Crippen LogP contribution is -2.11. The second-order valence-electron chi connectivity index (χ2n) is 4.50. The number of fused-ring (bicyclic) bond motifs is 1. The van der Waals surface area contributed by atoms with Gasteiger partial charge < -0.3 is 4.74 Å². The maximum absolute atomic E-state index is 12.2. The van der Waals surface area contributed by atoms with Crippen LogP contribution in [-0.4, -0.2) is 12.9 Å². The highest BCUT2D eigenvalue weighted by Gasteiger charge is 2.26. The van der Waals surface area contributed by atoms with Crippen molar-refractivity contribution in [1.82, 2.24) is 0 Å². The molecule has 2 aromatic carbocycles. The Labute approximate surface area is 116 Å². The van der Waals surface area contributed by atoms with E-state index < -0.39 is 0 Å². The molecule has 1 atom stereocenters. The lowest BCUT2D eigenvalue weighted by atomic mass is 10.0. The van der Waals surface area contributed by atoms with Crippen LogP contribution in [0.15, 0.2) is 53.4 Å². The summed E-state index contributed by atoms with van der Waals surface area (Å²) in [5, 5.41) is 0.202.